The smallest absolute Gasteiger partial charge is 0.222 e. The number of anilines is 1. The molecule has 1 aromatic carbocycles. The first-order chi connectivity index (χ1) is 8.24. The lowest BCUT2D eigenvalue weighted by molar-refractivity contribution is 0.908. The van der Waals surface area contributed by atoms with Crippen LogP contribution in [-0.2, 0) is 0 Å². The average Bonchev–Trinajstić information content (AvgIpc) is 2.74. The minimum atomic E-state index is 0.370. The molecule has 0 aliphatic rings. The largest absolute Gasteiger partial charge is 0.383 e. The van der Waals surface area contributed by atoms with Crippen LogP contribution in [0, 0.1) is 4.77 Å². The number of rotatable bonds is 1. The van der Waals surface area contributed by atoms with E-state index in [1.807, 2.05) is 30.3 Å². The highest BCUT2D eigenvalue weighted by molar-refractivity contribution is 7.71. The fraction of sp³-hybridized carbons (Fsp3) is 0. The monoisotopic (exact) mass is 243 g/mol. The number of fused-ring (bicyclic) bond motifs is 1. The Labute approximate surface area is 102 Å². The second kappa shape index (κ2) is 3.67. The summed E-state index contributed by atoms with van der Waals surface area (Å²) < 4.78 is 2.00. The molecule has 0 saturated carbocycles. The molecule has 3 N–H and O–H groups in total. The molecule has 0 fully saturated rings. The quantitative estimate of drug-likeness (QED) is 0.641. The lowest BCUT2D eigenvalue weighted by atomic mass is 10.2. The Bertz CT molecular complexity index is 728. The van der Waals surface area contributed by atoms with Gasteiger partial charge in [0.05, 0.1) is 0 Å². The van der Waals surface area contributed by atoms with Gasteiger partial charge in [-0.1, -0.05) is 30.3 Å². The Morgan fingerprint density at radius 2 is 1.94 bits per heavy atom. The maximum Gasteiger partial charge on any atom is 0.222 e. The highest BCUT2D eigenvalue weighted by Crippen LogP contribution is 2.16. The summed E-state index contributed by atoms with van der Waals surface area (Å²) in [5.41, 5.74) is 7.29. The van der Waals surface area contributed by atoms with E-state index in [-0.39, 0.29) is 0 Å². The maximum atomic E-state index is 5.63. The number of benzene rings is 1. The van der Waals surface area contributed by atoms with Gasteiger partial charge in [0, 0.05) is 11.6 Å². The molecular formula is C11H9N5S. The molecule has 0 atom stereocenters. The lowest BCUT2D eigenvalue weighted by Gasteiger charge is -1.94. The molecule has 0 spiro atoms. The highest BCUT2D eigenvalue weighted by atomic mass is 32.1. The van der Waals surface area contributed by atoms with Crippen LogP contribution >= 0.6 is 12.2 Å². The Morgan fingerprint density at radius 1 is 1.18 bits per heavy atom. The maximum absolute atomic E-state index is 5.63. The Morgan fingerprint density at radius 3 is 2.71 bits per heavy atom. The zero-order valence-corrected chi connectivity index (χ0v) is 9.61. The molecule has 0 bridgehead atoms. The van der Waals surface area contributed by atoms with Crippen molar-refractivity contribution in [2.75, 3.05) is 5.73 Å². The zero-order valence-electron chi connectivity index (χ0n) is 8.79. The molecule has 0 saturated heterocycles. The number of nitrogen functional groups attached to an aromatic ring is 1. The van der Waals surface area contributed by atoms with Crippen LogP contribution in [0.25, 0.3) is 17.0 Å². The molecule has 3 rings (SSSR count). The number of nitrogens with zero attached hydrogens (tertiary/aromatic N) is 3. The van der Waals surface area contributed by atoms with Crippen LogP contribution in [0.5, 0.6) is 0 Å². The van der Waals surface area contributed by atoms with Gasteiger partial charge in [0.1, 0.15) is 5.82 Å². The summed E-state index contributed by atoms with van der Waals surface area (Å²) >= 11 is 5.11. The van der Waals surface area contributed by atoms with E-state index in [4.69, 9.17) is 18.0 Å². The molecule has 6 heteroatoms. The summed E-state index contributed by atoms with van der Waals surface area (Å²) in [5.74, 6) is 1.12. The summed E-state index contributed by atoms with van der Waals surface area (Å²) in [5, 5.41) is 3.09. The third kappa shape index (κ3) is 1.68. The molecule has 17 heavy (non-hydrogen) atoms. The normalized spacial score (nSPS) is 10.8. The first-order valence-corrected chi connectivity index (χ1v) is 5.45. The van der Waals surface area contributed by atoms with Crippen molar-refractivity contribution < 1.29 is 0 Å². The van der Waals surface area contributed by atoms with E-state index in [1.165, 1.54) is 0 Å². The number of aromatic amines is 1. The van der Waals surface area contributed by atoms with Gasteiger partial charge >= 0.3 is 0 Å². The van der Waals surface area contributed by atoms with Gasteiger partial charge in [-0.25, -0.2) is 14.5 Å². The number of hydrogen-bond donors (Lipinski definition) is 2. The lowest BCUT2D eigenvalue weighted by Crippen LogP contribution is -1.97. The summed E-state index contributed by atoms with van der Waals surface area (Å²) in [6.45, 7) is 0. The van der Waals surface area contributed by atoms with Gasteiger partial charge < -0.3 is 5.73 Å². The van der Waals surface area contributed by atoms with Crippen molar-refractivity contribution in [1.29, 1.82) is 0 Å². The van der Waals surface area contributed by atoms with Crippen LogP contribution in [-0.4, -0.2) is 19.6 Å². The molecule has 84 valence electrons. The number of hydrogen-bond acceptors (Lipinski definition) is 4. The van der Waals surface area contributed by atoms with Crippen LogP contribution in [0.4, 0.5) is 5.82 Å². The fourth-order valence-corrected chi connectivity index (χ4v) is 1.89. The van der Waals surface area contributed by atoms with Crippen molar-refractivity contribution in [3.63, 3.8) is 0 Å². The van der Waals surface area contributed by atoms with Gasteiger partial charge in [-0.15, -0.1) is 0 Å². The van der Waals surface area contributed by atoms with E-state index in [0.29, 0.717) is 16.2 Å². The standard InChI is InChI=1S/C11H9N5S/c12-8-6-9-14-10(7-4-2-1-3-5-7)15-16(9)11(17)13-8/h1-6H,(H,14,15)(H2,12,13,17). The van der Waals surface area contributed by atoms with Crippen LogP contribution in [0.2, 0.25) is 0 Å². The summed E-state index contributed by atoms with van der Waals surface area (Å²) in [6.07, 6.45) is 0. The molecule has 2 heterocycles. The van der Waals surface area contributed by atoms with Gasteiger partial charge in [-0.05, 0) is 12.2 Å². The molecular weight excluding hydrogens is 234 g/mol. The summed E-state index contributed by atoms with van der Waals surface area (Å²) in [6, 6.07) is 11.5. The van der Waals surface area contributed by atoms with Crippen LogP contribution in [0.3, 0.4) is 0 Å². The second-order valence-corrected chi connectivity index (χ2v) is 3.96. The molecule has 0 aliphatic carbocycles. The van der Waals surface area contributed by atoms with Crippen molar-refractivity contribution in [2.45, 2.75) is 0 Å². The highest BCUT2D eigenvalue weighted by Gasteiger charge is 2.05. The molecule has 0 radical (unpaired) electrons. The van der Waals surface area contributed by atoms with Gasteiger partial charge in [0.2, 0.25) is 4.77 Å². The Balaban J connectivity index is 2.28. The summed E-state index contributed by atoms with van der Waals surface area (Å²) in [4.78, 5) is 8.42. The zero-order chi connectivity index (χ0) is 11.8. The van der Waals surface area contributed by atoms with Gasteiger partial charge in [0.25, 0.3) is 0 Å². The van der Waals surface area contributed by atoms with Crippen molar-refractivity contribution >= 4 is 23.7 Å². The van der Waals surface area contributed by atoms with Gasteiger partial charge in [-0.2, -0.15) is 0 Å². The van der Waals surface area contributed by atoms with E-state index in [1.54, 1.807) is 10.6 Å². The molecule has 3 aromatic rings. The van der Waals surface area contributed by atoms with E-state index in [0.717, 1.165) is 11.4 Å². The van der Waals surface area contributed by atoms with Crippen LogP contribution in [0.1, 0.15) is 0 Å². The Hall–Kier alpha value is -2.21. The third-order valence-corrected chi connectivity index (χ3v) is 2.69. The molecule has 0 aliphatic heterocycles. The van der Waals surface area contributed by atoms with Crippen LogP contribution < -0.4 is 5.73 Å². The van der Waals surface area contributed by atoms with E-state index in [2.05, 4.69) is 15.1 Å². The number of nitrogens with one attached hydrogen (secondary N) is 1. The predicted molar refractivity (Wildman–Crippen MR) is 68.0 cm³/mol. The van der Waals surface area contributed by atoms with E-state index >= 15 is 0 Å². The fourth-order valence-electron chi connectivity index (χ4n) is 1.65. The first kappa shape index (κ1) is 9.98. The second-order valence-electron chi connectivity index (χ2n) is 3.60. The van der Waals surface area contributed by atoms with Crippen molar-refractivity contribution in [2.24, 2.45) is 0 Å². The third-order valence-electron chi connectivity index (χ3n) is 2.41. The Kier molecular flexibility index (Phi) is 2.15. The molecule has 2 aromatic heterocycles. The van der Waals surface area contributed by atoms with Crippen molar-refractivity contribution in [3.8, 4) is 11.4 Å². The minimum absolute atomic E-state index is 0.370. The molecule has 0 unspecified atom stereocenters. The van der Waals surface area contributed by atoms with Crippen molar-refractivity contribution in [1.82, 2.24) is 19.6 Å². The SMILES string of the molecule is Nc1cc2nc(-c3ccccc3)[nH]n2c(=S)n1. The molecule has 0 amide bonds. The summed E-state index contributed by atoms with van der Waals surface area (Å²) in [7, 11) is 0. The number of nitrogens with two attached hydrogens (primary N) is 1. The van der Waals surface area contributed by atoms with E-state index < -0.39 is 0 Å². The van der Waals surface area contributed by atoms with E-state index in [9.17, 15) is 0 Å². The van der Waals surface area contributed by atoms with Crippen molar-refractivity contribution in [3.05, 3.63) is 41.2 Å². The van der Waals surface area contributed by atoms with Gasteiger partial charge in [0.15, 0.2) is 11.5 Å². The van der Waals surface area contributed by atoms with Gasteiger partial charge in [-0.3, -0.25) is 5.10 Å². The number of H-pyrrole nitrogens is 1. The first-order valence-electron chi connectivity index (χ1n) is 5.05. The van der Waals surface area contributed by atoms with Crippen LogP contribution in [0.15, 0.2) is 36.4 Å². The number of aromatic nitrogens is 4. The average molecular weight is 243 g/mol. The molecule has 5 nitrogen and oxygen atoms in total. The minimum Gasteiger partial charge on any atom is -0.383 e. The topological polar surface area (TPSA) is 72.0 Å². The predicted octanol–water partition coefficient (Wildman–Crippen LogP) is 2.04.